The summed E-state index contributed by atoms with van der Waals surface area (Å²) in [5, 5.41) is 0. The number of carbonyl (C=O) groups is 1. The number of hydrogen-bond acceptors (Lipinski definition) is 4. The van der Waals surface area contributed by atoms with Gasteiger partial charge >= 0.3 is 0 Å². The Morgan fingerprint density at radius 1 is 1.67 bits per heavy atom. The predicted molar refractivity (Wildman–Crippen MR) is 43.0 cm³/mol. The molecule has 4 nitrogen and oxygen atoms in total. The molecule has 0 N–H and O–H groups in total. The first-order valence-electron chi connectivity index (χ1n) is 4.09. The number of hydrogen-bond donors (Lipinski definition) is 0. The third kappa shape index (κ3) is 1.03. The molecule has 1 atom stereocenters. The lowest BCUT2D eigenvalue weighted by atomic mass is 10.2. The van der Waals surface area contributed by atoms with Crippen LogP contribution in [0.15, 0.2) is 11.9 Å². The average molecular weight is 168 g/mol. The van der Waals surface area contributed by atoms with Gasteiger partial charge in [-0.15, -0.1) is 0 Å². The minimum absolute atomic E-state index is 0.0695. The molecule has 2 bridgehead atoms. The van der Waals surface area contributed by atoms with Crippen LogP contribution < -0.4 is 0 Å². The van der Waals surface area contributed by atoms with Crippen molar-refractivity contribution in [3.8, 4) is 0 Å². The van der Waals surface area contributed by atoms with Gasteiger partial charge in [0, 0.05) is 25.0 Å². The second-order valence-corrected chi connectivity index (χ2v) is 3.14. The van der Waals surface area contributed by atoms with Gasteiger partial charge < -0.3 is 14.5 Å². The van der Waals surface area contributed by atoms with Crippen molar-refractivity contribution >= 4 is 6.47 Å². The number of fused-ring (bicyclic) bond motifs is 2. The molecule has 4 heteroatoms. The van der Waals surface area contributed by atoms with Gasteiger partial charge in [0.15, 0.2) is 6.23 Å². The van der Waals surface area contributed by atoms with Crippen molar-refractivity contribution in [2.45, 2.75) is 13.2 Å². The summed E-state index contributed by atoms with van der Waals surface area (Å²) in [7, 11) is 0. The Morgan fingerprint density at radius 3 is 3.00 bits per heavy atom. The number of allylic oxidation sites excluding steroid dienone is 1. The lowest BCUT2D eigenvalue weighted by molar-refractivity contribution is -0.147. The van der Waals surface area contributed by atoms with Gasteiger partial charge in [0.05, 0.1) is 6.54 Å². The van der Waals surface area contributed by atoms with E-state index >= 15 is 0 Å². The zero-order valence-electron chi connectivity index (χ0n) is 7.06. The molecule has 1 fully saturated rings. The van der Waals surface area contributed by atoms with E-state index < -0.39 is 0 Å². The molecule has 0 aromatic heterocycles. The van der Waals surface area contributed by atoms with Gasteiger partial charge in [0.2, 0.25) is 0 Å². The zero-order valence-corrected chi connectivity index (χ0v) is 7.06. The van der Waals surface area contributed by atoms with E-state index in [4.69, 9.17) is 4.74 Å². The Morgan fingerprint density at radius 2 is 2.50 bits per heavy atom. The molecule has 0 spiro atoms. The normalized spacial score (nSPS) is 27.1. The maximum atomic E-state index is 10.1. The standard InChI is InChI=1S/C8H12N2O2/c1-7-4-10-3-2-9(7)5-8(10)12-6-11/h4,6,8H,2-3,5H2,1H3. The summed E-state index contributed by atoms with van der Waals surface area (Å²) in [6, 6.07) is 0. The number of carbonyl (C=O) groups excluding carboxylic acids is 1. The predicted octanol–water partition coefficient (Wildman–Crippen LogP) is -0.0220. The van der Waals surface area contributed by atoms with E-state index in [9.17, 15) is 4.79 Å². The Kier molecular flexibility index (Phi) is 1.67. The molecule has 1 unspecified atom stereocenters. The van der Waals surface area contributed by atoms with Gasteiger partial charge in [-0.1, -0.05) is 0 Å². The molecule has 0 saturated carbocycles. The summed E-state index contributed by atoms with van der Waals surface area (Å²) in [4.78, 5) is 14.4. The van der Waals surface area contributed by atoms with Crippen LogP contribution in [0.3, 0.4) is 0 Å². The van der Waals surface area contributed by atoms with Crippen LogP contribution in [0.4, 0.5) is 0 Å². The first-order chi connectivity index (χ1) is 5.81. The number of rotatable bonds is 2. The number of ether oxygens (including phenoxy) is 1. The SMILES string of the molecule is CC1=CN2CCN1CC2OC=O. The molecule has 0 radical (unpaired) electrons. The number of nitrogens with zero attached hydrogens (tertiary/aromatic N) is 2. The molecule has 3 aliphatic rings. The van der Waals surface area contributed by atoms with Crippen LogP contribution in [-0.4, -0.2) is 42.1 Å². The first-order valence-corrected chi connectivity index (χ1v) is 4.09. The smallest absolute Gasteiger partial charge is 0.295 e. The van der Waals surface area contributed by atoms with Crippen molar-refractivity contribution in [2.24, 2.45) is 0 Å². The highest BCUT2D eigenvalue weighted by Crippen LogP contribution is 2.22. The molecule has 0 aromatic carbocycles. The van der Waals surface area contributed by atoms with Crippen LogP contribution in [0.1, 0.15) is 6.92 Å². The van der Waals surface area contributed by atoms with Gasteiger partial charge in [-0.3, -0.25) is 4.79 Å². The van der Waals surface area contributed by atoms with E-state index in [1.54, 1.807) is 0 Å². The highest BCUT2D eigenvalue weighted by atomic mass is 16.5. The largest absolute Gasteiger partial charge is 0.442 e. The van der Waals surface area contributed by atoms with Crippen molar-refractivity contribution in [3.05, 3.63) is 11.9 Å². The molecule has 12 heavy (non-hydrogen) atoms. The second kappa shape index (κ2) is 2.69. The highest BCUT2D eigenvalue weighted by molar-refractivity contribution is 5.37. The maximum Gasteiger partial charge on any atom is 0.295 e. The fourth-order valence-corrected chi connectivity index (χ4v) is 1.74. The fourth-order valence-electron chi connectivity index (χ4n) is 1.74. The van der Waals surface area contributed by atoms with Crippen LogP contribution in [0, 0.1) is 0 Å². The van der Waals surface area contributed by atoms with Crippen LogP contribution in [0.2, 0.25) is 0 Å². The van der Waals surface area contributed by atoms with Crippen LogP contribution in [0.5, 0.6) is 0 Å². The summed E-state index contributed by atoms with van der Waals surface area (Å²) in [6.45, 7) is 5.40. The fraction of sp³-hybridized carbons (Fsp3) is 0.625. The lowest BCUT2D eigenvalue weighted by Crippen LogP contribution is -2.55. The maximum absolute atomic E-state index is 10.1. The third-order valence-corrected chi connectivity index (χ3v) is 2.44. The molecule has 0 amide bonds. The quantitative estimate of drug-likeness (QED) is 0.542. The van der Waals surface area contributed by atoms with Crippen molar-refractivity contribution in [2.75, 3.05) is 19.6 Å². The van der Waals surface area contributed by atoms with E-state index in [1.165, 1.54) is 5.70 Å². The van der Waals surface area contributed by atoms with E-state index in [1.807, 2.05) is 6.20 Å². The van der Waals surface area contributed by atoms with Gasteiger partial charge in [-0.2, -0.15) is 0 Å². The summed E-state index contributed by atoms with van der Waals surface area (Å²) in [6.07, 6.45) is 1.97. The zero-order chi connectivity index (χ0) is 8.55. The van der Waals surface area contributed by atoms with Crippen LogP contribution in [0.25, 0.3) is 0 Å². The Labute approximate surface area is 71.4 Å². The minimum Gasteiger partial charge on any atom is -0.442 e. The molecular formula is C8H12N2O2. The van der Waals surface area contributed by atoms with Crippen molar-refractivity contribution < 1.29 is 9.53 Å². The monoisotopic (exact) mass is 168 g/mol. The summed E-state index contributed by atoms with van der Waals surface area (Å²) in [5.74, 6) is 0. The first kappa shape index (κ1) is 7.46. The van der Waals surface area contributed by atoms with Gasteiger partial charge in [-0.05, 0) is 6.92 Å². The minimum atomic E-state index is -0.0695. The van der Waals surface area contributed by atoms with E-state index in [0.29, 0.717) is 6.47 Å². The average Bonchev–Trinajstić information content (AvgIpc) is 2.07. The van der Waals surface area contributed by atoms with Gasteiger partial charge in [-0.25, -0.2) is 0 Å². The molecule has 3 heterocycles. The Balaban J connectivity index is 2.11. The van der Waals surface area contributed by atoms with E-state index in [0.717, 1.165) is 19.6 Å². The van der Waals surface area contributed by atoms with Crippen LogP contribution >= 0.6 is 0 Å². The molecule has 3 aliphatic heterocycles. The third-order valence-electron chi connectivity index (χ3n) is 2.44. The summed E-state index contributed by atoms with van der Waals surface area (Å²) in [5.41, 5.74) is 1.26. The molecule has 0 aliphatic carbocycles. The van der Waals surface area contributed by atoms with E-state index in [-0.39, 0.29) is 6.23 Å². The van der Waals surface area contributed by atoms with Gasteiger partial charge in [0.1, 0.15) is 0 Å². The summed E-state index contributed by atoms with van der Waals surface area (Å²) >= 11 is 0. The Hall–Kier alpha value is -1.19. The molecule has 3 rings (SSSR count). The van der Waals surface area contributed by atoms with Gasteiger partial charge in [0.25, 0.3) is 6.47 Å². The highest BCUT2D eigenvalue weighted by Gasteiger charge is 2.30. The van der Waals surface area contributed by atoms with E-state index in [2.05, 4.69) is 16.7 Å². The second-order valence-electron chi connectivity index (χ2n) is 3.14. The topological polar surface area (TPSA) is 32.8 Å². The molecule has 0 aromatic rings. The summed E-state index contributed by atoms with van der Waals surface area (Å²) < 4.78 is 4.92. The van der Waals surface area contributed by atoms with Crippen molar-refractivity contribution in [1.29, 1.82) is 0 Å². The lowest BCUT2D eigenvalue weighted by Gasteiger charge is -2.46. The van der Waals surface area contributed by atoms with Crippen LogP contribution in [-0.2, 0) is 9.53 Å². The van der Waals surface area contributed by atoms with Crippen molar-refractivity contribution in [1.82, 2.24) is 9.80 Å². The molecular weight excluding hydrogens is 156 g/mol. The number of piperazine rings is 1. The molecule has 66 valence electrons. The Bertz CT molecular complexity index is 227. The van der Waals surface area contributed by atoms with Crippen molar-refractivity contribution in [3.63, 3.8) is 0 Å². The molecule has 1 saturated heterocycles.